The van der Waals surface area contributed by atoms with Crippen LogP contribution in [0.5, 0.6) is 0 Å². The minimum atomic E-state index is -1.25. The van der Waals surface area contributed by atoms with Gasteiger partial charge in [0.15, 0.2) is 0 Å². The van der Waals surface area contributed by atoms with Crippen molar-refractivity contribution in [2.24, 2.45) is 0 Å². The first kappa shape index (κ1) is 10.4. The van der Waals surface area contributed by atoms with Crippen molar-refractivity contribution in [1.29, 1.82) is 0 Å². The second-order valence-corrected chi connectivity index (χ2v) is 4.87. The molecule has 0 aliphatic rings. The molecule has 71 valence electrons. The molecule has 13 heavy (non-hydrogen) atoms. The van der Waals surface area contributed by atoms with Crippen LogP contribution in [0.15, 0.2) is 18.2 Å². The Morgan fingerprint density at radius 1 is 1.08 bits per heavy atom. The number of hydrogen-bond donors (Lipinski definition) is 0. The standard InChI is InChI=1S/C10H15O2Si/c1-8-6-5-7-10(9(8)2)13(11-3)12-4/h5-7H,1-4H3. The largest absolute Gasteiger partial charge is 0.423 e. The van der Waals surface area contributed by atoms with Crippen LogP contribution in [0.4, 0.5) is 0 Å². The molecule has 3 heteroatoms. The predicted molar refractivity (Wildman–Crippen MR) is 55.3 cm³/mol. The van der Waals surface area contributed by atoms with Crippen LogP contribution in [0.1, 0.15) is 11.1 Å². The minimum Gasteiger partial charge on any atom is -0.393 e. The van der Waals surface area contributed by atoms with Gasteiger partial charge in [-0.15, -0.1) is 0 Å². The quantitative estimate of drug-likeness (QED) is 0.677. The van der Waals surface area contributed by atoms with Gasteiger partial charge in [-0.05, 0) is 30.2 Å². The maximum atomic E-state index is 5.30. The van der Waals surface area contributed by atoms with E-state index in [1.807, 2.05) is 6.07 Å². The van der Waals surface area contributed by atoms with Gasteiger partial charge in [0.1, 0.15) is 0 Å². The molecule has 0 spiro atoms. The van der Waals surface area contributed by atoms with E-state index >= 15 is 0 Å². The van der Waals surface area contributed by atoms with Crippen molar-refractivity contribution in [3.63, 3.8) is 0 Å². The van der Waals surface area contributed by atoms with Gasteiger partial charge in [0.05, 0.1) is 0 Å². The Hall–Kier alpha value is -0.643. The summed E-state index contributed by atoms with van der Waals surface area (Å²) in [5.74, 6) is 0. The van der Waals surface area contributed by atoms with Crippen LogP contribution in [0.2, 0.25) is 0 Å². The van der Waals surface area contributed by atoms with Crippen molar-refractivity contribution in [3.05, 3.63) is 29.3 Å². The summed E-state index contributed by atoms with van der Waals surface area (Å²) in [5, 5.41) is 1.20. The summed E-state index contributed by atoms with van der Waals surface area (Å²) < 4.78 is 10.6. The van der Waals surface area contributed by atoms with E-state index in [4.69, 9.17) is 8.85 Å². The van der Waals surface area contributed by atoms with Gasteiger partial charge < -0.3 is 8.85 Å². The highest BCUT2D eigenvalue weighted by atomic mass is 28.3. The highest BCUT2D eigenvalue weighted by molar-refractivity contribution is 6.61. The summed E-state index contributed by atoms with van der Waals surface area (Å²) in [7, 11) is 2.13. The van der Waals surface area contributed by atoms with Gasteiger partial charge in [0, 0.05) is 14.2 Å². The fourth-order valence-corrected chi connectivity index (χ4v) is 2.62. The normalized spacial score (nSPS) is 10.8. The van der Waals surface area contributed by atoms with Crippen molar-refractivity contribution >= 4 is 14.5 Å². The molecular formula is C10H15O2Si. The zero-order valence-electron chi connectivity index (χ0n) is 8.55. The van der Waals surface area contributed by atoms with Crippen LogP contribution in [-0.2, 0) is 8.85 Å². The summed E-state index contributed by atoms with van der Waals surface area (Å²) in [6.45, 7) is 4.21. The van der Waals surface area contributed by atoms with Crippen LogP contribution in [0.25, 0.3) is 0 Å². The monoisotopic (exact) mass is 195 g/mol. The average Bonchev–Trinajstić information content (AvgIpc) is 2.14. The van der Waals surface area contributed by atoms with Gasteiger partial charge >= 0.3 is 9.28 Å². The van der Waals surface area contributed by atoms with Gasteiger partial charge in [0.2, 0.25) is 0 Å². The molecule has 0 aromatic heterocycles. The third-order valence-electron chi connectivity index (χ3n) is 2.20. The third-order valence-corrected chi connectivity index (χ3v) is 3.92. The SMILES string of the molecule is CO[Si](OC)c1cccc(C)c1C. The number of aryl methyl sites for hydroxylation is 1. The molecule has 0 saturated heterocycles. The third kappa shape index (κ3) is 2.18. The fourth-order valence-electron chi connectivity index (χ4n) is 1.28. The Balaban J connectivity index is 3.05. The lowest BCUT2D eigenvalue weighted by molar-refractivity contribution is 0.291. The van der Waals surface area contributed by atoms with Gasteiger partial charge in [-0.2, -0.15) is 0 Å². The van der Waals surface area contributed by atoms with Gasteiger partial charge in [0.25, 0.3) is 0 Å². The molecule has 0 saturated carbocycles. The summed E-state index contributed by atoms with van der Waals surface area (Å²) in [6, 6.07) is 6.22. The van der Waals surface area contributed by atoms with Gasteiger partial charge in [-0.25, -0.2) is 0 Å². The Labute approximate surface area is 81.3 Å². The first-order valence-corrected chi connectivity index (χ1v) is 5.54. The predicted octanol–water partition coefficient (Wildman–Crippen LogP) is 1.29. The molecule has 0 aliphatic heterocycles. The number of hydrogen-bond acceptors (Lipinski definition) is 2. The second-order valence-electron chi connectivity index (χ2n) is 2.94. The highest BCUT2D eigenvalue weighted by Crippen LogP contribution is 2.04. The lowest BCUT2D eigenvalue weighted by Crippen LogP contribution is -2.36. The maximum absolute atomic E-state index is 5.30. The Bertz CT molecular complexity index is 282. The fraction of sp³-hybridized carbons (Fsp3) is 0.400. The first-order valence-electron chi connectivity index (χ1n) is 4.22. The lowest BCUT2D eigenvalue weighted by Gasteiger charge is -2.13. The topological polar surface area (TPSA) is 18.5 Å². The van der Waals surface area contributed by atoms with Gasteiger partial charge in [-0.1, -0.05) is 18.2 Å². The number of benzene rings is 1. The van der Waals surface area contributed by atoms with E-state index in [-0.39, 0.29) is 0 Å². The number of rotatable bonds is 3. The molecule has 0 bridgehead atoms. The Kier molecular flexibility index (Phi) is 3.66. The molecule has 1 radical (unpaired) electrons. The van der Waals surface area contributed by atoms with Crippen molar-refractivity contribution in [3.8, 4) is 0 Å². The summed E-state index contributed by atoms with van der Waals surface area (Å²) >= 11 is 0. The van der Waals surface area contributed by atoms with Crippen molar-refractivity contribution in [2.45, 2.75) is 13.8 Å². The van der Waals surface area contributed by atoms with E-state index in [0.717, 1.165) is 0 Å². The van der Waals surface area contributed by atoms with E-state index in [0.29, 0.717) is 0 Å². The van der Waals surface area contributed by atoms with Crippen LogP contribution < -0.4 is 5.19 Å². The zero-order valence-corrected chi connectivity index (χ0v) is 9.55. The van der Waals surface area contributed by atoms with Crippen LogP contribution >= 0.6 is 0 Å². The molecule has 0 amide bonds. The van der Waals surface area contributed by atoms with Crippen LogP contribution in [0.3, 0.4) is 0 Å². The maximum Gasteiger partial charge on any atom is 0.423 e. The van der Waals surface area contributed by atoms with Crippen LogP contribution in [-0.4, -0.2) is 23.5 Å². The van der Waals surface area contributed by atoms with Crippen LogP contribution in [0, 0.1) is 13.8 Å². The molecule has 1 aromatic carbocycles. The molecule has 0 unspecified atom stereocenters. The summed E-state index contributed by atoms with van der Waals surface area (Å²) in [6.07, 6.45) is 0. The van der Waals surface area contributed by atoms with E-state index < -0.39 is 9.28 Å². The first-order chi connectivity index (χ1) is 6.20. The van der Waals surface area contributed by atoms with Crippen molar-refractivity contribution in [2.75, 3.05) is 14.2 Å². The molecule has 1 rings (SSSR count). The molecular weight excluding hydrogens is 180 g/mol. The lowest BCUT2D eigenvalue weighted by atomic mass is 10.1. The molecule has 2 nitrogen and oxygen atoms in total. The molecule has 0 fully saturated rings. The van der Waals surface area contributed by atoms with Crippen molar-refractivity contribution in [1.82, 2.24) is 0 Å². The second kappa shape index (κ2) is 4.55. The Morgan fingerprint density at radius 2 is 1.69 bits per heavy atom. The molecule has 0 atom stereocenters. The van der Waals surface area contributed by atoms with Gasteiger partial charge in [-0.3, -0.25) is 0 Å². The summed E-state index contributed by atoms with van der Waals surface area (Å²) in [5.41, 5.74) is 2.56. The van der Waals surface area contributed by atoms with E-state index in [1.165, 1.54) is 16.3 Å². The smallest absolute Gasteiger partial charge is 0.393 e. The highest BCUT2D eigenvalue weighted by Gasteiger charge is 2.18. The zero-order chi connectivity index (χ0) is 9.84. The average molecular weight is 195 g/mol. The molecule has 0 heterocycles. The molecule has 0 N–H and O–H groups in total. The Morgan fingerprint density at radius 3 is 2.23 bits per heavy atom. The van der Waals surface area contributed by atoms with E-state index in [9.17, 15) is 0 Å². The van der Waals surface area contributed by atoms with Crippen molar-refractivity contribution < 1.29 is 8.85 Å². The van der Waals surface area contributed by atoms with E-state index in [1.54, 1.807) is 14.2 Å². The van der Waals surface area contributed by atoms with E-state index in [2.05, 4.69) is 26.0 Å². The molecule has 0 aliphatic carbocycles. The summed E-state index contributed by atoms with van der Waals surface area (Å²) in [4.78, 5) is 0. The molecule has 1 aromatic rings. The minimum absolute atomic E-state index is 1.20.